The zero-order valence-electron chi connectivity index (χ0n) is 17.9. The molecule has 0 aliphatic heterocycles. The summed E-state index contributed by atoms with van der Waals surface area (Å²) in [5.74, 6) is 2.32. The zero-order chi connectivity index (χ0) is 21.6. The Balaban J connectivity index is 1.25. The van der Waals surface area contributed by atoms with E-state index in [1.165, 1.54) is 19.3 Å². The molecule has 0 spiro atoms. The Kier molecular flexibility index (Phi) is 5.08. The third-order valence-electron chi connectivity index (χ3n) is 7.56. The van der Waals surface area contributed by atoms with Gasteiger partial charge in [-0.2, -0.15) is 0 Å². The summed E-state index contributed by atoms with van der Waals surface area (Å²) >= 11 is 0. The minimum atomic E-state index is -3.64. The molecule has 4 aliphatic carbocycles. The van der Waals surface area contributed by atoms with Gasteiger partial charge in [0.15, 0.2) is 0 Å². The predicted octanol–water partition coefficient (Wildman–Crippen LogP) is 5.20. The summed E-state index contributed by atoms with van der Waals surface area (Å²) in [5.41, 5.74) is 2.10. The number of sulfonamides is 1. The lowest BCUT2D eigenvalue weighted by molar-refractivity contribution is -0.140. The first-order valence-corrected chi connectivity index (χ1v) is 12.9. The first-order chi connectivity index (χ1) is 14.8. The van der Waals surface area contributed by atoms with Gasteiger partial charge in [-0.25, -0.2) is 8.42 Å². The lowest BCUT2D eigenvalue weighted by Gasteiger charge is -2.55. The maximum atomic E-state index is 13.2. The van der Waals surface area contributed by atoms with Gasteiger partial charge in [0.25, 0.3) is 10.0 Å². The van der Waals surface area contributed by atoms with Crippen LogP contribution in [0.25, 0.3) is 0 Å². The van der Waals surface area contributed by atoms with Crippen molar-refractivity contribution < 1.29 is 13.2 Å². The lowest BCUT2D eigenvalue weighted by atomic mass is 9.49. The molecule has 2 aromatic carbocycles. The molecular formula is C25H30N2O3S. The molecule has 164 valence electrons. The third-order valence-corrected chi connectivity index (χ3v) is 8.95. The van der Waals surface area contributed by atoms with Crippen LogP contribution < -0.4 is 10.0 Å². The van der Waals surface area contributed by atoms with Gasteiger partial charge in [-0.1, -0.05) is 19.1 Å². The average Bonchev–Trinajstić information content (AvgIpc) is 2.74. The highest BCUT2D eigenvalue weighted by molar-refractivity contribution is 7.92. The van der Waals surface area contributed by atoms with Gasteiger partial charge in [0, 0.05) is 11.4 Å². The van der Waals surface area contributed by atoms with Gasteiger partial charge in [-0.05, 0) is 105 Å². The molecule has 4 aliphatic rings. The number of rotatable bonds is 6. The minimum absolute atomic E-state index is 0.149. The molecule has 5 nitrogen and oxygen atoms in total. The maximum Gasteiger partial charge on any atom is 0.261 e. The van der Waals surface area contributed by atoms with Gasteiger partial charge in [0.2, 0.25) is 5.91 Å². The fraction of sp³-hybridized carbons (Fsp3) is 0.480. The van der Waals surface area contributed by atoms with Crippen molar-refractivity contribution in [2.75, 3.05) is 10.0 Å². The monoisotopic (exact) mass is 438 g/mol. The van der Waals surface area contributed by atoms with Crippen molar-refractivity contribution in [1.29, 1.82) is 0 Å². The van der Waals surface area contributed by atoms with Crippen molar-refractivity contribution in [2.45, 2.75) is 56.8 Å². The molecule has 6 heteroatoms. The SMILES string of the molecule is CCc1ccc(S(=O)(=O)Nc2ccc(NC(=O)C34CC5CC(CC(C5)C3)C4)cc2)cc1. The lowest BCUT2D eigenvalue weighted by Crippen LogP contribution is -2.51. The van der Waals surface area contributed by atoms with Crippen LogP contribution in [0.5, 0.6) is 0 Å². The van der Waals surface area contributed by atoms with E-state index < -0.39 is 10.0 Å². The van der Waals surface area contributed by atoms with Gasteiger partial charge in [-0.15, -0.1) is 0 Å². The summed E-state index contributed by atoms with van der Waals surface area (Å²) in [4.78, 5) is 13.4. The number of hydrogen-bond acceptors (Lipinski definition) is 3. The standard InChI is InChI=1S/C25H30N2O3S/c1-2-17-3-9-23(10-4-17)31(29,30)27-22-7-5-21(6-8-22)26-24(28)25-14-18-11-19(15-25)13-20(12-18)16-25/h3-10,18-20,27H,2,11-16H2,1H3,(H,26,28). The molecule has 0 atom stereocenters. The van der Waals surface area contributed by atoms with Crippen LogP contribution in [0.2, 0.25) is 0 Å². The van der Waals surface area contributed by atoms with Crippen LogP contribution in [0.1, 0.15) is 51.0 Å². The molecule has 0 heterocycles. The van der Waals surface area contributed by atoms with Crippen LogP contribution in [0.15, 0.2) is 53.4 Å². The van der Waals surface area contributed by atoms with E-state index in [0.29, 0.717) is 5.69 Å². The first kappa shape index (κ1) is 20.6. The normalized spacial score (nSPS) is 29.0. The largest absolute Gasteiger partial charge is 0.326 e. The second-order valence-electron chi connectivity index (χ2n) is 9.83. The Morgan fingerprint density at radius 3 is 1.90 bits per heavy atom. The molecule has 0 unspecified atom stereocenters. The maximum absolute atomic E-state index is 13.2. The highest BCUT2D eigenvalue weighted by Gasteiger charge is 2.54. The van der Waals surface area contributed by atoms with Crippen molar-refractivity contribution in [3.05, 3.63) is 54.1 Å². The van der Waals surface area contributed by atoms with E-state index in [1.54, 1.807) is 36.4 Å². The van der Waals surface area contributed by atoms with Crippen molar-refractivity contribution in [2.24, 2.45) is 23.2 Å². The number of benzene rings is 2. The Morgan fingerprint density at radius 2 is 1.39 bits per heavy atom. The van der Waals surface area contributed by atoms with E-state index in [9.17, 15) is 13.2 Å². The molecule has 4 saturated carbocycles. The highest BCUT2D eigenvalue weighted by atomic mass is 32.2. The van der Waals surface area contributed by atoms with E-state index in [4.69, 9.17) is 0 Å². The van der Waals surface area contributed by atoms with Gasteiger partial charge in [0.1, 0.15) is 0 Å². The van der Waals surface area contributed by atoms with Crippen molar-refractivity contribution >= 4 is 27.3 Å². The molecule has 4 bridgehead atoms. The van der Waals surface area contributed by atoms with Crippen molar-refractivity contribution in [3.8, 4) is 0 Å². The molecule has 2 N–H and O–H groups in total. The van der Waals surface area contributed by atoms with Crippen LogP contribution in [-0.2, 0) is 21.2 Å². The van der Waals surface area contributed by atoms with E-state index in [0.717, 1.165) is 54.7 Å². The smallest absolute Gasteiger partial charge is 0.261 e. The van der Waals surface area contributed by atoms with Crippen LogP contribution in [0, 0.1) is 23.2 Å². The zero-order valence-corrected chi connectivity index (χ0v) is 18.8. The number of aryl methyl sites for hydroxylation is 1. The molecule has 0 saturated heterocycles. The minimum Gasteiger partial charge on any atom is -0.326 e. The molecular weight excluding hydrogens is 408 g/mol. The summed E-state index contributed by atoms with van der Waals surface area (Å²) < 4.78 is 27.9. The predicted molar refractivity (Wildman–Crippen MR) is 122 cm³/mol. The topological polar surface area (TPSA) is 75.3 Å². The Morgan fingerprint density at radius 1 is 0.871 bits per heavy atom. The van der Waals surface area contributed by atoms with Crippen LogP contribution in [-0.4, -0.2) is 14.3 Å². The van der Waals surface area contributed by atoms with Crippen LogP contribution >= 0.6 is 0 Å². The van der Waals surface area contributed by atoms with E-state index in [-0.39, 0.29) is 16.2 Å². The number of carbonyl (C=O) groups excluding carboxylic acids is 1. The Bertz CT molecular complexity index is 1040. The van der Waals surface area contributed by atoms with Crippen LogP contribution in [0.3, 0.4) is 0 Å². The fourth-order valence-electron chi connectivity index (χ4n) is 6.39. The number of nitrogens with one attached hydrogen (secondary N) is 2. The Labute approximate surface area is 184 Å². The fourth-order valence-corrected chi connectivity index (χ4v) is 7.45. The van der Waals surface area contributed by atoms with Gasteiger partial charge in [-0.3, -0.25) is 9.52 Å². The molecule has 1 amide bonds. The summed E-state index contributed by atoms with van der Waals surface area (Å²) in [6, 6.07) is 13.9. The molecule has 0 aromatic heterocycles. The van der Waals surface area contributed by atoms with Crippen LogP contribution in [0.4, 0.5) is 11.4 Å². The van der Waals surface area contributed by atoms with Crippen molar-refractivity contribution in [1.82, 2.24) is 0 Å². The second-order valence-corrected chi connectivity index (χ2v) is 11.5. The quantitative estimate of drug-likeness (QED) is 0.650. The molecule has 0 radical (unpaired) electrons. The number of hydrogen-bond donors (Lipinski definition) is 2. The van der Waals surface area contributed by atoms with Gasteiger partial charge in [0.05, 0.1) is 10.3 Å². The molecule has 31 heavy (non-hydrogen) atoms. The van der Waals surface area contributed by atoms with Crippen molar-refractivity contribution in [3.63, 3.8) is 0 Å². The number of anilines is 2. The van der Waals surface area contributed by atoms with E-state index >= 15 is 0 Å². The first-order valence-electron chi connectivity index (χ1n) is 11.4. The Hall–Kier alpha value is -2.34. The van der Waals surface area contributed by atoms with E-state index in [2.05, 4.69) is 10.0 Å². The molecule has 2 aromatic rings. The number of carbonyl (C=O) groups is 1. The second kappa shape index (κ2) is 7.66. The molecule has 6 rings (SSSR count). The van der Waals surface area contributed by atoms with E-state index in [1.807, 2.05) is 19.1 Å². The summed E-state index contributed by atoms with van der Waals surface area (Å²) in [6.45, 7) is 2.03. The van der Waals surface area contributed by atoms with Gasteiger partial charge < -0.3 is 5.32 Å². The van der Waals surface area contributed by atoms with Gasteiger partial charge >= 0.3 is 0 Å². The summed E-state index contributed by atoms with van der Waals surface area (Å²) in [7, 11) is -3.64. The molecule has 4 fully saturated rings. The summed E-state index contributed by atoms with van der Waals surface area (Å²) in [6.07, 6.45) is 7.87. The third kappa shape index (κ3) is 3.98. The highest BCUT2D eigenvalue weighted by Crippen LogP contribution is 2.60. The summed E-state index contributed by atoms with van der Waals surface area (Å²) in [5, 5.41) is 3.12. The number of amides is 1. The average molecular weight is 439 g/mol.